The molecule has 2 aliphatic carbocycles. The van der Waals surface area contributed by atoms with Gasteiger partial charge in [0, 0.05) is 9.90 Å². The quantitative estimate of drug-likeness (QED) is 0.659. The summed E-state index contributed by atoms with van der Waals surface area (Å²) in [5.74, 6) is 0. The lowest BCUT2D eigenvalue weighted by Crippen LogP contribution is -1.93. The minimum atomic E-state index is 0.792. The summed E-state index contributed by atoms with van der Waals surface area (Å²) >= 11 is 0. The molecule has 2 heteroatoms. The molecule has 0 bridgehead atoms. The Hall–Kier alpha value is -1.44. The van der Waals surface area contributed by atoms with Crippen molar-refractivity contribution in [1.82, 2.24) is 0 Å². The maximum absolute atomic E-state index is 3.59. The zero-order valence-corrected chi connectivity index (χ0v) is 11.1. The zero-order valence-electron chi connectivity index (χ0n) is 9.12. The van der Waals surface area contributed by atoms with E-state index >= 15 is 0 Å². The fourth-order valence-corrected chi connectivity index (χ4v) is 4.81. The highest BCUT2D eigenvalue weighted by atomic mass is 31.0. The highest BCUT2D eigenvalue weighted by Gasteiger charge is 1.98. The number of allylic oxidation sites excluding steroid dienone is 2. The zero-order chi connectivity index (χ0) is 11.2. The molecule has 0 amide bonds. The second kappa shape index (κ2) is 3.52. The van der Waals surface area contributed by atoms with E-state index in [1.54, 1.807) is 0 Å². The molecule has 0 fully saturated rings. The van der Waals surface area contributed by atoms with Gasteiger partial charge < -0.3 is 0 Å². The Morgan fingerprint density at radius 3 is 1.76 bits per heavy atom. The van der Waals surface area contributed by atoms with Gasteiger partial charge >= 0.3 is 0 Å². The number of hydrogen-bond donors (Lipinski definition) is 0. The van der Waals surface area contributed by atoms with E-state index in [4.69, 9.17) is 0 Å². The minimum Gasteiger partial charge on any atom is -0.116 e. The van der Waals surface area contributed by atoms with Crippen LogP contribution in [0.15, 0.2) is 24.3 Å². The van der Waals surface area contributed by atoms with Crippen LogP contribution in [0.5, 0.6) is 0 Å². The summed E-state index contributed by atoms with van der Waals surface area (Å²) in [6.07, 6.45) is 13.1. The molecule has 0 saturated heterocycles. The molecule has 2 aliphatic rings. The van der Waals surface area contributed by atoms with Crippen LogP contribution in [0.25, 0.3) is 30.0 Å². The molecule has 0 saturated carbocycles. The minimum absolute atomic E-state index is 0.792. The van der Waals surface area contributed by atoms with Gasteiger partial charge in [0.1, 0.15) is 0 Å². The molecule has 4 rings (SSSR count). The lowest BCUT2D eigenvalue weighted by atomic mass is 10.3. The van der Waals surface area contributed by atoms with Crippen molar-refractivity contribution in [2.24, 2.45) is 0 Å². The summed E-state index contributed by atoms with van der Waals surface area (Å²) in [6.45, 7) is 0. The van der Waals surface area contributed by atoms with Crippen LogP contribution in [0.4, 0.5) is 0 Å². The molecular formula is C15H10P2. The lowest BCUT2D eigenvalue weighted by molar-refractivity contribution is 1.78. The Bertz CT molecular complexity index is 836. The van der Waals surface area contributed by atoms with Crippen LogP contribution in [0.2, 0.25) is 0 Å². The van der Waals surface area contributed by atoms with Gasteiger partial charge in [-0.25, -0.2) is 0 Å². The van der Waals surface area contributed by atoms with E-state index in [0.717, 1.165) is 16.4 Å². The molecular weight excluding hydrogens is 242 g/mol. The van der Waals surface area contributed by atoms with Crippen LogP contribution in [0.1, 0.15) is 11.1 Å². The highest BCUT2D eigenvalue weighted by molar-refractivity contribution is 7.29. The number of hydrogen-bond acceptors (Lipinski definition) is 0. The van der Waals surface area contributed by atoms with Gasteiger partial charge in [0.15, 0.2) is 0 Å². The summed E-state index contributed by atoms with van der Waals surface area (Å²) in [5.41, 5.74) is 6.37. The fourth-order valence-electron chi connectivity index (χ4n) is 2.30. The third kappa shape index (κ3) is 1.54. The van der Waals surface area contributed by atoms with Crippen LogP contribution >= 0.6 is 16.4 Å². The van der Waals surface area contributed by atoms with Gasteiger partial charge in [0.25, 0.3) is 0 Å². The predicted molar refractivity (Wildman–Crippen MR) is 79.9 cm³/mol. The second-order valence-electron chi connectivity index (χ2n) is 4.28. The van der Waals surface area contributed by atoms with Gasteiger partial charge in [0.2, 0.25) is 0 Å². The van der Waals surface area contributed by atoms with Gasteiger partial charge in [-0.1, -0.05) is 42.2 Å². The van der Waals surface area contributed by atoms with Crippen LogP contribution < -0.4 is 19.8 Å². The summed E-state index contributed by atoms with van der Waals surface area (Å²) < 4.78 is 0. The molecule has 2 unspecified atom stereocenters. The molecule has 0 N–H and O–H groups in total. The van der Waals surface area contributed by atoms with Crippen LogP contribution in [0.3, 0.4) is 0 Å². The van der Waals surface area contributed by atoms with Crippen molar-refractivity contribution in [3.8, 4) is 0 Å². The monoisotopic (exact) mass is 252 g/mol. The second-order valence-corrected chi connectivity index (χ2v) is 6.94. The maximum atomic E-state index is 3.59. The van der Waals surface area contributed by atoms with E-state index < -0.39 is 0 Å². The van der Waals surface area contributed by atoms with Crippen LogP contribution in [0, 0.1) is 0 Å². The first-order valence-electron chi connectivity index (χ1n) is 5.64. The molecule has 17 heavy (non-hydrogen) atoms. The normalized spacial score (nSPS) is 15.1. The Labute approximate surface area is 102 Å². The van der Waals surface area contributed by atoms with Crippen molar-refractivity contribution in [2.75, 3.05) is 0 Å². The van der Waals surface area contributed by atoms with E-state index in [9.17, 15) is 0 Å². The van der Waals surface area contributed by atoms with Crippen LogP contribution in [-0.2, 0) is 0 Å². The Kier molecular flexibility index (Phi) is 1.99. The average Bonchev–Trinajstić information content (AvgIpc) is 2.93. The topological polar surface area (TPSA) is 0 Å². The van der Waals surface area contributed by atoms with E-state index in [2.05, 4.69) is 54.3 Å². The van der Waals surface area contributed by atoms with Gasteiger partial charge in [-0.2, -0.15) is 0 Å². The van der Waals surface area contributed by atoms with Crippen molar-refractivity contribution in [2.45, 2.75) is 0 Å². The first-order valence-corrected chi connectivity index (χ1v) is 7.64. The Morgan fingerprint density at radius 1 is 0.765 bits per heavy atom. The summed E-state index contributed by atoms with van der Waals surface area (Å²) in [6, 6.07) is 4.56. The third-order valence-electron chi connectivity index (χ3n) is 3.11. The SMILES string of the molecule is C(=c1cc2c([pH]1)=CC=C2)=c1cc2c([pH]1)=CC=C2. The summed E-state index contributed by atoms with van der Waals surface area (Å²) in [5, 5.41) is 0. The first kappa shape index (κ1) is 9.58. The van der Waals surface area contributed by atoms with Crippen molar-refractivity contribution in [3.05, 3.63) is 55.2 Å². The van der Waals surface area contributed by atoms with Gasteiger partial charge in [-0.15, -0.1) is 16.4 Å². The molecule has 0 aromatic carbocycles. The average molecular weight is 252 g/mol. The molecule has 80 valence electrons. The lowest BCUT2D eigenvalue weighted by Gasteiger charge is -1.73. The van der Waals surface area contributed by atoms with Crippen molar-refractivity contribution < 1.29 is 0 Å². The standard InChI is InChI=1S/C15H10P2/c1-3-10-7-12(16-14(10)5-1)9-13-8-11-4-2-6-15(11)17-13/h1-8,16-17H. The third-order valence-corrected chi connectivity index (χ3v) is 5.63. The Morgan fingerprint density at radius 2 is 1.29 bits per heavy atom. The first-order chi connectivity index (χ1) is 8.38. The smallest absolute Gasteiger partial charge is 0.0348 e. The van der Waals surface area contributed by atoms with Crippen molar-refractivity contribution >= 4 is 46.4 Å². The fraction of sp³-hybridized carbons (Fsp3) is 0. The highest BCUT2D eigenvalue weighted by Crippen LogP contribution is 2.06. The molecule has 2 heterocycles. The predicted octanol–water partition coefficient (Wildman–Crippen LogP) is 1.11. The molecule has 2 atom stereocenters. The molecule has 2 aromatic rings. The largest absolute Gasteiger partial charge is 0.116 e. The van der Waals surface area contributed by atoms with Crippen LogP contribution in [-0.4, -0.2) is 0 Å². The van der Waals surface area contributed by atoms with Gasteiger partial charge in [-0.3, -0.25) is 0 Å². The van der Waals surface area contributed by atoms with E-state index in [1.165, 1.54) is 30.9 Å². The van der Waals surface area contributed by atoms with E-state index in [1.807, 2.05) is 0 Å². The van der Waals surface area contributed by atoms with E-state index in [0.29, 0.717) is 0 Å². The number of rotatable bonds is 0. The van der Waals surface area contributed by atoms with Crippen molar-refractivity contribution in [3.63, 3.8) is 0 Å². The van der Waals surface area contributed by atoms with Gasteiger partial charge in [-0.05, 0) is 33.2 Å². The maximum Gasteiger partial charge on any atom is 0.0348 e. The molecule has 0 nitrogen and oxygen atoms in total. The summed E-state index contributed by atoms with van der Waals surface area (Å²) in [7, 11) is 1.58. The summed E-state index contributed by atoms with van der Waals surface area (Å²) in [4.78, 5) is 5.67. The molecule has 2 aromatic heterocycles. The molecule has 0 spiro atoms. The Balaban J connectivity index is 2.06. The van der Waals surface area contributed by atoms with E-state index in [-0.39, 0.29) is 0 Å². The molecule has 0 aliphatic heterocycles. The molecule has 0 radical (unpaired) electrons. The van der Waals surface area contributed by atoms with Crippen molar-refractivity contribution in [1.29, 1.82) is 0 Å². The number of fused-ring (bicyclic) bond motifs is 2. The van der Waals surface area contributed by atoms with Gasteiger partial charge in [0.05, 0.1) is 0 Å².